The van der Waals surface area contributed by atoms with Crippen molar-refractivity contribution in [3.63, 3.8) is 0 Å². The van der Waals surface area contributed by atoms with Gasteiger partial charge < -0.3 is 35.0 Å². The zero-order chi connectivity index (χ0) is 30.5. The van der Waals surface area contributed by atoms with Gasteiger partial charge in [-0.25, -0.2) is 0 Å². The topological polar surface area (TPSA) is 92.7 Å². The van der Waals surface area contributed by atoms with Crippen LogP contribution in [0.5, 0.6) is 0 Å². The number of esters is 1. The summed E-state index contributed by atoms with van der Waals surface area (Å²) in [6, 6.07) is 0. The second-order valence-corrected chi connectivity index (χ2v) is 13.2. The Morgan fingerprint density at radius 2 is 1.16 bits per heavy atom. The van der Waals surface area contributed by atoms with Crippen LogP contribution in [-0.4, -0.2) is 92.9 Å². The molecule has 250 valence electrons. The second-order valence-electron chi connectivity index (χ2n) is 13.2. The first kappa shape index (κ1) is 41.9. The quantitative estimate of drug-likeness (QED) is 0.260. The van der Waals surface area contributed by atoms with Crippen molar-refractivity contribution in [3.05, 3.63) is 23.3 Å². The molecule has 0 atom stereocenters. The molecule has 0 unspecified atom stereocenters. The van der Waals surface area contributed by atoms with Crippen molar-refractivity contribution in [1.82, 2.24) is 0 Å². The first-order valence-corrected chi connectivity index (χ1v) is 16.3. The van der Waals surface area contributed by atoms with Gasteiger partial charge in [-0.05, 0) is 91.4 Å². The van der Waals surface area contributed by atoms with Gasteiger partial charge in [0.25, 0.3) is 0 Å². The van der Waals surface area contributed by atoms with Crippen LogP contribution in [0.15, 0.2) is 23.3 Å². The van der Waals surface area contributed by atoms with Crippen molar-refractivity contribution in [2.75, 3.05) is 52.9 Å². The SMILES string of the molecule is C1CCOC1.CC(C)=CCC1(CO)CCC2(CC1)OCCO2.CCOC(=O)C1(CC=C(C)C)CCC2(CC1)OCCO2.[AlH3].[H-].[Li+]. The van der Waals surface area contributed by atoms with E-state index in [1.54, 1.807) is 0 Å². The normalized spacial score (nSPS) is 25.7. The first-order valence-electron chi connectivity index (χ1n) is 16.3. The molecule has 0 radical (unpaired) electrons. The van der Waals surface area contributed by atoms with Gasteiger partial charge in [-0.1, -0.05) is 23.3 Å². The number of hydrogen-bond acceptors (Lipinski definition) is 8. The van der Waals surface area contributed by atoms with Crippen LogP contribution in [0.4, 0.5) is 0 Å². The van der Waals surface area contributed by atoms with E-state index in [0.717, 1.165) is 90.6 Å². The number of allylic oxidation sites excluding steroid dienone is 4. The minimum absolute atomic E-state index is 0. The molecule has 0 bridgehead atoms. The van der Waals surface area contributed by atoms with Gasteiger partial charge in [-0.15, -0.1) is 0 Å². The summed E-state index contributed by atoms with van der Waals surface area (Å²) in [6.07, 6.45) is 15.6. The molecule has 3 heterocycles. The molecule has 2 spiro atoms. The molecular weight excluding hydrogens is 570 g/mol. The largest absolute Gasteiger partial charge is 1.00 e. The summed E-state index contributed by atoms with van der Waals surface area (Å²) in [5.74, 6) is -0.810. The summed E-state index contributed by atoms with van der Waals surface area (Å²) in [4.78, 5) is 12.4. The van der Waals surface area contributed by atoms with Crippen LogP contribution in [0.25, 0.3) is 0 Å². The molecule has 44 heavy (non-hydrogen) atoms. The fourth-order valence-corrected chi connectivity index (χ4v) is 6.38. The monoisotopic (exact) mass is 632 g/mol. The van der Waals surface area contributed by atoms with Gasteiger partial charge in [-0.3, -0.25) is 4.79 Å². The molecule has 5 aliphatic rings. The average Bonchev–Trinajstić information content (AvgIpc) is 3.79. The van der Waals surface area contributed by atoms with Gasteiger partial charge in [0.15, 0.2) is 28.9 Å². The molecule has 0 aromatic carbocycles. The first-order chi connectivity index (χ1) is 20.1. The molecular formula is C34H62AlLiO8. The smallest absolute Gasteiger partial charge is 1.00 e. The van der Waals surface area contributed by atoms with E-state index in [0.29, 0.717) is 19.8 Å². The Morgan fingerprint density at radius 1 is 0.727 bits per heavy atom. The van der Waals surface area contributed by atoms with E-state index in [1.165, 1.54) is 24.0 Å². The fraction of sp³-hybridized carbons (Fsp3) is 0.853. The Kier molecular flexibility index (Phi) is 19.3. The van der Waals surface area contributed by atoms with Crippen molar-refractivity contribution < 1.29 is 58.6 Å². The van der Waals surface area contributed by atoms with Crippen LogP contribution in [0.1, 0.15) is 113 Å². The van der Waals surface area contributed by atoms with Crippen molar-refractivity contribution in [1.29, 1.82) is 0 Å². The van der Waals surface area contributed by atoms with Gasteiger partial charge in [-0.2, -0.15) is 0 Å². The minimum Gasteiger partial charge on any atom is -1.00 e. The maximum atomic E-state index is 12.4. The Labute approximate surface area is 291 Å². The summed E-state index contributed by atoms with van der Waals surface area (Å²) < 4.78 is 33.2. The third-order valence-electron chi connectivity index (χ3n) is 9.38. The van der Waals surface area contributed by atoms with E-state index in [-0.39, 0.29) is 61.4 Å². The molecule has 0 aromatic heterocycles. The summed E-state index contributed by atoms with van der Waals surface area (Å²) in [5.41, 5.74) is 2.22. The third-order valence-corrected chi connectivity index (χ3v) is 9.38. The molecule has 8 nitrogen and oxygen atoms in total. The van der Waals surface area contributed by atoms with Crippen LogP contribution in [0, 0.1) is 10.8 Å². The standard InChI is InChI=1S/C16H26O4.C14H24O3.C4H8O.Al.Li.4H/c1-4-18-14(17)15(6-5-13(2)3)7-9-16(10-8-15)19-11-12-20-16;1-12(2)3-4-13(11-15)5-7-14(8-6-13)16-9-10-17-14;1-2-4-5-3-1;;;;;;/h5H,4,6-12H2,1-3H3;3,15H,4-11H2,1-2H3;1-4H2;;;;;;/q;;;;+1;;;;-1. The molecule has 0 amide bonds. The van der Waals surface area contributed by atoms with Gasteiger partial charge in [0.05, 0.1) is 38.4 Å². The molecule has 0 aromatic rings. The van der Waals surface area contributed by atoms with Gasteiger partial charge in [0.1, 0.15) is 0 Å². The molecule has 1 N–H and O–H groups in total. The Hall–Kier alpha value is -0.160. The molecule has 10 heteroatoms. The van der Waals surface area contributed by atoms with E-state index in [2.05, 4.69) is 39.8 Å². The number of hydrogen-bond donors (Lipinski definition) is 1. The minimum atomic E-state index is -0.430. The van der Waals surface area contributed by atoms with E-state index in [1.807, 2.05) is 6.92 Å². The summed E-state index contributed by atoms with van der Waals surface area (Å²) in [6.45, 7) is 15.7. The maximum Gasteiger partial charge on any atom is 1.00 e. The molecule has 5 rings (SSSR count). The van der Waals surface area contributed by atoms with Crippen LogP contribution in [-0.2, 0) is 33.2 Å². The van der Waals surface area contributed by atoms with E-state index >= 15 is 0 Å². The predicted octanol–water partition coefficient (Wildman–Crippen LogP) is 2.58. The molecule has 3 aliphatic heterocycles. The van der Waals surface area contributed by atoms with Crippen LogP contribution >= 0.6 is 0 Å². The summed E-state index contributed by atoms with van der Waals surface area (Å²) in [5, 5.41) is 9.67. The molecule has 3 saturated heterocycles. The number of carbonyl (C=O) groups excluding carboxylic acids is 1. The maximum absolute atomic E-state index is 12.4. The Morgan fingerprint density at radius 3 is 1.52 bits per heavy atom. The second kappa shape index (κ2) is 20.3. The van der Waals surface area contributed by atoms with E-state index < -0.39 is 11.2 Å². The Balaban J connectivity index is 0.000000707. The zero-order valence-corrected chi connectivity index (χ0v) is 28.1. The molecule has 2 saturated carbocycles. The van der Waals surface area contributed by atoms with Crippen molar-refractivity contribution in [3.8, 4) is 0 Å². The van der Waals surface area contributed by atoms with Crippen molar-refractivity contribution >= 4 is 23.3 Å². The number of rotatable bonds is 7. The van der Waals surface area contributed by atoms with Crippen LogP contribution in [0.2, 0.25) is 0 Å². The number of aliphatic hydroxyl groups excluding tert-OH is 1. The van der Waals surface area contributed by atoms with Crippen LogP contribution in [0.3, 0.4) is 0 Å². The molecule has 2 aliphatic carbocycles. The van der Waals surface area contributed by atoms with Crippen molar-refractivity contribution in [2.45, 2.75) is 123 Å². The van der Waals surface area contributed by atoms with Crippen molar-refractivity contribution in [2.24, 2.45) is 10.8 Å². The van der Waals surface area contributed by atoms with Crippen LogP contribution < -0.4 is 18.9 Å². The molecule has 5 fully saturated rings. The summed E-state index contributed by atoms with van der Waals surface area (Å²) in [7, 11) is 0. The number of carbonyl (C=O) groups is 1. The van der Waals surface area contributed by atoms with E-state index in [9.17, 15) is 9.90 Å². The summed E-state index contributed by atoms with van der Waals surface area (Å²) >= 11 is 0. The fourth-order valence-electron chi connectivity index (χ4n) is 6.38. The predicted molar refractivity (Wildman–Crippen MR) is 174 cm³/mol. The number of aliphatic hydroxyl groups is 1. The zero-order valence-electron chi connectivity index (χ0n) is 29.1. The van der Waals surface area contributed by atoms with E-state index in [4.69, 9.17) is 28.4 Å². The number of ether oxygens (including phenoxy) is 6. The van der Waals surface area contributed by atoms with Gasteiger partial charge in [0.2, 0.25) is 0 Å². The third kappa shape index (κ3) is 12.5. The van der Waals surface area contributed by atoms with Gasteiger partial charge >= 0.3 is 24.8 Å². The average molecular weight is 633 g/mol. The van der Waals surface area contributed by atoms with Gasteiger partial charge in [0, 0.05) is 45.5 Å². The Bertz CT molecular complexity index is 863.